The second-order valence-corrected chi connectivity index (χ2v) is 5.35. The number of rotatable bonds is 2. The van der Waals surface area contributed by atoms with E-state index in [-0.39, 0.29) is 23.7 Å². The molecule has 0 saturated heterocycles. The van der Waals surface area contributed by atoms with Crippen molar-refractivity contribution in [2.45, 2.75) is 13.0 Å². The van der Waals surface area contributed by atoms with E-state index in [1.54, 1.807) is 28.8 Å². The predicted octanol–water partition coefficient (Wildman–Crippen LogP) is 1.54. The first-order valence-electron chi connectivity index (χ1n) is 7.19. The molecule has 0 fully saturated rings. The third-order valence-corrected chi connectivity index (χ3v) is 4.02. The highest BCUT2D eigenvalue weighted by atomic mass is 19.1. The molecule has 0 N–H and O–H groups in total. The number of benzene rings is 1. The molecule has 0 aliphatic carbocycles. The molecule has 7 heteroatoms. The minimum absolute atomic E-state index is 0.0475. The van der Waals surface area contributed by atoms with Crippen LogP contribution in [0.1, 0.15) is 32.1 Å². The number of methoxy groups -OCH3 is 1. The summed E-state index contributed by atoms with van der Waals surface area (Å²) in [4.78, 5) is 25.8. The Hall–Kier alpha value is -2.70. The van der Waals surface area contributed by atoms with Gasteiger partial charge in [-0.3, -0.25) is 9.48 Å². The summed E-state index contributed by atoms with van der Waals surface area (Å²) in [6.07, 6.45) is 0.480. The molecular weight excluding hydrogens is 301 g/mol. The molecule has 0 saturated carbocycles. The van der Waals surface area contributed by atoms with Crippen molar-refractivity contribution in [2.24, 2.45) is 7.05 Å². The molecule has 0 radical (unpaired) electrons. The normalized spacial score (nSPS) is 13.6. The van der Waals surface area contributed by atoms with Gasteiger partial charge in [0.1, 0.15) is 5.82 Å². The lowest BCUT2D eigenvalue weighted by molar-refractivity contribution is 0.0591. The van der Waals surface area contributed by atoms with E-state index >= 15 is 0 Å². The van der Waals surface area contributed by atoms with Gasteiger partial charge in [0.15, 0.2) is 5.69 Å². The number of hydrogen-bond donors (Lipinski definition) is 0. The number of fused-ring (bicyclic) bond motifs is 1. The van der Waals surface area contributed by atoms with Gasteiger partial charge >= 0.3 is 5.97 Å². The number of hydrogen-bond acceptors (Lipinski definition) is 4. The van der Waals surface area contributed by atoms with Crippen molar-refractivity contribution in [2.75, 3.05) is 13.7 Å². The molecule has 0 atom stereocenters. The van der Waals surface area contributed by atoms with Gasteiger partial charge in [-0.25, -0.2) is 9.18 Å². The molecule has 1 amide bonds. The molecule has 0 spiro atoms. The Bertz CT molecular complexity index is 785. The number of carbonyl (C=O) groups excluding carboxylic acids is 2. The van der Waals surface area contributed by atoms with E-state index in [1.165, 1.54) is 19.2 Å². The van der Waals surface area contributed by atoms with Crippen LogP contribution < -0.4 is 0 Å². The molecule has 1 aliphatic rings. The largest absolute Gasteiger partial charge is 0.464 e. The van der Waals surface area contributed by atoms with E-state index < -0.39 is 11.8 Å². The third-order valence-electron chi connectivity index (χ3n) is 4.02. The van der Waals surface area contributed by atoms with Crippen LogP contribution in [0.2, 0.25) is 0 Å². The van der Waals surface area contributed by atoms with Gasteiger partial charge in [0.05, 0.1) is 24.9 Å². The third kappa shape index (κ3) is 2.58. The fourth-order valence-electron chi connectivity index (χ4n) is 2.81. The average molecular weight is 317 g/mol. The van der Waals surface area contributed by atoms with Crippen LogP contribution in [0.4, 0.5) is 4.39 Å². The molecule has 120 valence electrons. The van der Waals surface area contributed by atoms with Crippen molar-refractivity contribution in [3.63, 3.8) is 0 Å². The second kappa shape index (κ2) is 5.83. The van der Waals surface area contributed by atoms with Crippen molar-refractivity contribution in [1.82, 2.24) is 14.7 Å². The predicted molar refractivity (Wildman–Crippen MR) is 79.4 cm³/mol. The molecule has 6 nitrogen and oxygen atoms in total. The van der Waals surface area contributed by atoms with E-state index in [4.69, 9.17) is 4.74 Å². The first-order valence-corrected chi connectivity index (χ1v) is 7.19. The smallest absolute Gasteiger partial charge is 0.358 e. The summed E-state index contributed by atoms with van der Waals surface area (Å²) in [7, 11) is 3.02. The maximum absolute atomic E-state index is 13.8. The van der Waals surface area contributed by atoms with Gasteiger partial charge in [-0.05, 0) is 18.6 Å². The van der Waals surface area contributed by atoms with E-state index in [1.807, 2.05) is 0 Å². The summed E-state index contributed by atoms with van der Waals surface area (Å²) < 4.78 is 20.1. The number of esters is 1. The lowest BCUT2D eigenvalue weighted by Gasteiger charge is -2.27. The van der Waals surface area contributed by atoms with Crippen molar-refractivity contribution in [1.29, 1.82) is 0 Å². The number of nitrogens with zero attached hydrogens (tertiary/aromatic N) is 3. The Labute approximate surface area is 132 Å². The summed E-state index contributed by atoms with van der Waals surface area (Å²) in [5.74, 6) is -1.39. The number of halogens is 1. The number of carbonyl (C=O) groups is 2. The Morgan fingerprint density at radius 2 is 2.04 bits per heavy atom. The minimum Gasteiger partial charge on any atom is -0.464 e. The summed E-state index contributed by atoms with van der Waals surface area (Å²) in [5.41, 5.74) is 1.88. The van der Waals surface area contributed by atoms with Crippen LogP contribution in [0.15, 0.2) is 24.3 Å². The van der Waals surface area contributed by atoms with Gasteiger partial charge in [-0.1, -0.05) is 12.1 Å². The molecule has 2 heterocycles. The summed E-state index contributed by atoms with van der Waals surface area (Å²) in [5, 5.41) is 4.18. The SMILES string of the molecule is COC(=O)c1nn(C)c2c1CCN(C(=O)c1ccccc1F)C2. The van der Waals surface area contributed by atoms with E-state index in [9.17, 15) is 14.0 Å². The van der Waals surface area contributed by atoms with Gasteiger partial charge in [-0.2, -0.15) is 5.10 Å². The Balaban J connectivity index is 1.89. The Morgan fingerprint density at radius 1 is 1.30 bits per heavy atom. The molecule has 0 bridgehead atoms. The fraction of sp³-hybridized carbons (Fsp3) is 0.312. The van der Waals surface area contributed by atoms with Crippen LogP contribution in [-0.2, 0) is 24.8 Å². The summed E-state index contributed by atoms with van der Waals surface area (Å²) in [6.45, 7) is 0.679. The number of amides is 1. The van der Waals surface area contributed by atoms with Crippen LogP contribution in [-0.4, -0.2) is 40.2 Å². The lowest BCUT2D eigenvalue weighted by Crippen LogP contribution is -2.37. The highest BCUT2D eigenvalue weighted by Gasteiger charge is 2.30. The van der Waals surface area contributed by atoms with Gasteiger partial charge in [0.25, 0.3) is 5.91 Å². The zero-order valence-corrected chi connectivity index (χ0v) is 12.9. The van der Waals surface area contributed by atoms with Crippen LogP contribution in [0.25, 0.3) is 0 Å². The van der Waals surface area contributed by atoms with Crippen molar-refractivity contribution < 1.29 is 18.7 Å². The van der Waals surface area contributed by atoms with E-state index in [0.29, 0.717) is 13.0 Å². The summed E-state index contributed by atoms with van der Waals surface area (Å²) in [6, 6.07) is 5.91. The Kier molecular flexibility index (Phi) is 3.85. The molecule has 1 aliphatic heterocycles. The van der Waals surface area contributed by atoms with E-state index in [2.05, 4.69) is 5.10 Å². The highest BCUT2D eigenvalue weighted by molar-refractivity contribution is 5.95. The number of aryl methyl sites for hydroxylation is 1. The standard InChI is InChI=1S/C16H16FN3O3/c1-19-13-9-20(15(21)10-5-3-4-6-12(10)17)8-7-11(13)14(18-19)16(22)23-2/h3-6H,7-9H2,1-2H3. The molecule has 0 unspecified atom stereocenters. The molecular formula is C16H16FN3O3. The van der Waals surface area contributed by atoms with E-state index in [0.717, 1.165) is 11.3 Å². The van der Waals surface area contributed by atoms with Gasteiger partial charge in [-0.15, -0.1) is 0 Å². The second-order valence-electron chi connectivity index (χ2n) is 5.35. The van der Waals surface area contributed by atoms with Crippen LogP contribution in [0, 0.1) is 5.82 Å². The van der Waals surface area contributed by atoms with Gasteiger partial charge < -0.3 is 9.64 Å². The molecule has 1 aromatic heterocycles. The quantitative estimate of drug-likeness (QED) is 0.788. The zero-order chi connectivity index (χ0) is 16.6. The minimum atomic E-state index is -0.538. The topological polar surface area (TPSA) is 64.4 Å². The Morgan fingerprint density at radius 3 is 2.74 bits per heavy atom. The van der Waals surface area contributed by atoms with Gasteiger partial charge in [0, 0.05) is 19.2 Å². The van der Waals surface area contributed by atoms with Crippen LogP contribution in [0.5, 0.6) is 0 Å². The molecule has 23 heavy (non-hydrogen) atoms. The highest BCUT2D eigenvalue weighted by Crippen LogP contribution is 2.24. The lowest BCUT2D eigenvalue weighted by atomic mass is 10.0. The maximum Gasteiger partial charge on any atom is 0.358 e. The maximum atomic E-state index is 13.8. The zero-order valence-electron chi connectivity index (χ0n) is 12.9. The van der Waals surface area contributed by atoms with Gasteiger partial charge in [0.2, 0.25) is 0 Å². The fourth-order valence-corrected chi connectivity index (χ4v) is 2.81. The van der Waals surface area contributed by atoms with Crippen LogP contribution in [0.3, 0.4) is 0 Å². The molecule has 1 aromatic carbocycles. The van der Waals surface area contributed by atoms with Crippen LogP contribution >= 0.6 is 0 Å². The van der Waals surface area contributed by atoms with Crippen molar-refractivity contribution in [3.8, 4) is 0 Å². The first-order chi connectivity index (χ1) is 11.0. The molecule has 2 aromatic rings. The molecule has 3 rings (SSSR count). The first kappa shape index (κ1) is 15.2. The average Bonchev–Trinajstić information content (AvgIpc) is 2.90. The monoisotopic (exact) mass is 317 g/mol. The van der Waals surface area contributed by atoms with Crippen molar-refractivity contribution >= 4 is 11.9 Å². The number of ether oxygens (including phenoxy) is 1. The van der Waals surface area contributed by atoms with Crippen molar-refractivity contribution in [3.05, 3.63) is 52.6 Å². The summed E-state index contributed by atoms with van der Waals surface area (Å²) >= 11 is 0. The number of aromatic nitrogens is 2.